The van der Waals surface area contributed by atoms with Crippen LogP contribution < -0.4 is 23.7 Å². The van der Waals surface area contributed by atoms with Crippen LogP contribution in [-0.2, 0) is 16.4 Å². The second-order valence-electron chi connectivity index (χ2n) is 7.18. The number of benzene rings is 2. The Morgan fingerprint density at radius 1 is 1.09 bits per heavy atom. The third-order valence-electron chi connectivity index (χ3n) is 5.38. The van der Waals surface area contributed by atoms with Gasteiger partial charge in [-0.3, -0.25) is 4.72 Å². The molecular weight excluding hydrogens is 468 g/mol. The number of hydrogen-bond donors (Lipinski definition) is 1. The van der Waals surface area contributed by atoms with E-state index in [1.807, 2.05) is 17.5 Å². The highest BCUT2D eigenvalue weighted by Gasteiger charge is 2.31. The molecule has 0 saturated heterocycles. The molecule has 0 saturated carbocycles. The number of fused-ring (bicyclic) bond motifs is 3. The fourth-order valence-corrected chi connectivity index (χ4v) is 6.12. The maximum Gasteiger partial charge on any atom is 0.270 e. The summed E-state index contributed by atoms with van der Waals surface area (Å²) >= 11 is 1.54. The standard InChI is InChI=1S/C22H20N2O7S2/c1-27-12-9-18(32-11-12)14-10-17-19(20-13(14)7-8-30-20)22(23-31-17)24-33(25,26)21-15(28-2)5-4-6-16(21)29-3/h4-6,9-11H,7-8H2,1-3H3,(H,23,24). The molecule has 0 aliphatic carbocycles. The topological polar surface area (TPSA) is 109 Å². The largest absolute Gasteiger partial charge is 0.496 e. The van der Waals surface area contributed by atoms with Gasteiger partial charge in [-0.25, -0.2) is 8.42 Å². The van der Waals surface area contributed by atoms with Gasteiger partial charge in [0, 0.05) is 27.8 Å². The Morgan fingerprint density at radius 3 is 2.52 bits per heavy atom. The van der Waals surface area contributed by atoms with E-state index in [1.54, 1.807) is 36.6 Å². The van der Waals surface area contributed by atoms with Crippen molar-refractivity contribution in [1.29, 1.82) is 0 Å². The number of sulfonamides is 1. The normalized spacial score (nSPS) is 12.9. The molecule has 1 N–H and O–H groups in total. The average Bonchev–Trinajstić information content (AvgIpc) is 3.57. The lowest BCUT2D eigenvalue weighted by Gasteiger charge is -2.14. The zero-order valence-electron chi connectivity index (χ0n) is 18.0. The van der Waals surface area contributed by atoms with Crippen LogP contribution in [0.4, 0.5) is 5.82 Å². The number of ether oxygens (including phenoxy) is 4. The van der Waals surface area contributed by atoms with Crippen LogP contribution in [-0.4, -0.2) is 41.5 Å². The van der Waals surface area contributed by atoms with Gasteiger partial charge in [0.05, 0.1) is 27.9 Å². The zero-order valence-corrected chi connectivity index (χ0v) is 19.6. The van der Waals surface area contributed by atoms with Gasteiger partial charge < -0.3 is 23.5 Å². The summed E-state index contributed by atoms with van der Waals surface area (Å²) in [7, 11) is 0.267. The summed E-state index contributed by atoms with van der Waals surface area (Å²) in [5.41, 5.74) is 2.31. The molecule has 5 rings (SSSR count). The minimum atomic E-state index is -4.13. The van der Waals surface area contributed by atoms with E-state index in [2.05, 4.69) is 9.88 Å². The quantitative estimate of drug-likeness (QED) is 0.410. The van der Waals surface area contributed by atoms with Gasteiger partial charge in [0.2, 0.25) is 0 Å². The Kier molecular flexibility index (Phi) is 5.29. The van der Waals surface area contributed by atoms with Crippen LogP contribution in [0.15, 0.2) is 45.1 Å². The molecule has 1 aliphatic rings. The molecule has 172 valence electrons. The molecule has 0 unspecified atom stereocenters. The molecule has 0 amide bonds. The Labute approximate surface area is 193 Å². The van der Waals surface area contributed by atoms with Crippen LogP contribution >= 0.6 is 11.3 Å². The molecule has 1 aliphatic heterocycles. The number of rotatable bonds is 7. The lowest BCUT2D eigenvalue weighted by Crippen LogP contribution is -2.15. The number of nitrogens with one attached hydrogen (secondary N) is 1. The van der Waals surface area contributed by atoms with E-state index < -0.39 is 10.0 Å². The van der Waals surface area contributed by atoms with Gasteiger partial charge >= 0.3 is 0 Å². The first-order valence-corrected chi connectivity index (χ1v) is 12.3. The summed E-state index contributed by atoms with van der Waals surface area (Å²) in [4.78, 5) is 0.860. The fraction of sp³-hybridized carbons (Fsp3) is 0.227. The SMILES string of the molecule is COc1csc(-c2cc3onc(NS(=O)(=O)c4c(OC)cccc4OC)c3c3c2CCO3)c1. The van der Waals surface area contributed by atoms with Crippen molar-refractivity contribution in [3.63, 3.8) is 0 Å². The molecule has 2 aromatic heterocycles. The Morgan fingerprint density at radius 2 is 1.85 bits per heavy atom. The van der Waals surface area contributed by atoms with Gasteiger partial charge in [-0.2, -0.15) is 0 Å². The van der Waals surface area contributed by atoms with Crippen molar-refractivity contribution in [2.24, 2.45) is 0 Å². The van der Waals surface area contributed by atoms with Gasteiger partial charge in [0.25, 0.3) is 10.0 Å². The van der Waals surface area contributed by atoms with Gasteiger partial charge in [-0.1, -0.05) is 11.2 Å². The van der Waals surface area contributed by atoms with E-state index in [-0.39, 0.29) is 22.2 Å². The number of nitrogens with zero attached hydrogens (tertiary/aromatic N) is 1. The summed E-state index contributed by atoms with van der Waals surface area (Å²) < 4.78 is 56.4. The maximum absolute atomic E-state index is 13.3. The summed E-state index contributed by atoms with van der Waals surface area (Å²) in [6, 6.07) is 8.52. The molecule has 33 heavy (non-hydrogen) atoms. The first-order valence-electron chi connectivity index (χ1n) is 9.91. The van der Waals surface area contributed by atoms with Crippen molar-refractivity contribution in [1.82, 2.24) is 5.16 Å². The first kappa shape index (κ1) is 21.4. The average molecular weight is 489 g/mol. The van der Waals surface area contributed by atoms with Gasteiger partial charge in [-0.05, 0) is 24.3 Å². The number of methoxy groups -OCH3 is 3. The van der Waals surface area contributed by atoms with E-state index >= 15 is 0 Å². The molecule has 0 spiro atoms. The Balaban J connectivity index is 1.62. The predicted octanol–water partition coefficient (Wildman–Crippen LogP) is 4.32. The van der Waals surface area contributed by atoms with Crippen molar-refractivity contribution in [2.45, 2.75) is 11.3 Å². The molecule has 0 fully saturated rings. The lowest BCUT2D eigenvalue weighted by atomic mass is 10.0. The monoisotopic (exact) mass is 488 g/mol. The number of aromatic nitrogens is 1. The predicted molar refractivity (Wildman–Crippen MR) is 123 cm³/mol. The van der Waals surface area contributed by atoms with Crippen molar-refractivity contribution >= 4 is 38.1 Å². The second kappa shape index (κ2) is 8.16. The summed E-state index contributed by atoms with van der Waals surface area (Å²) in [6.45, 7) is 0.474. The Bertz CT molecular complexity index is 1430. The minimum Gasteiger partial charge on any atom is -0.496 e. The second-order valence-corrected chi connectivity index (χ2v) is 9.71. The van der Waals surface area contributed by atoms with Crippen LogP contribution in [0.3, 0.4) is 0 Å². The highest BCUT2D eigenvalue weighted by Crippen LogP contribution is 2.46. The molecule has 2 aromatic carbocycles. The van der Waals surface area contributed by atoms with E-state index in [1.165, 1.54) is 14.2 Å². The molecule has 9 nitrogen and oxygen atoms in total. The van der Waals surface area contributed by atoms with E-state index in [0.29, 0.717) is 29.7 Å². The van der Waals surface area contributed by atoms with Gasteiger partial charge in [0.1, 0.15) is 28.4 Å². The number of anilines is 1. The molecule has 0 atom stereocenters. The molecule has 0 radical (unpaired) electrons. The number of thiophene rings is 1. The van der Waals surface area contributed by atoms with E-state index in [4.69, 9.17) is 23.5 Å². The fourth-order valence-electron chi connectivity index (χ4n) is 3.89. The lowest BCUT2D eigenvalue weighted by molar-refractivity contribution is 0.360. The third-order valence-corrected chi connectivity index (χ3v) is 7.72. The minimum absolute atomic E-state index is 0.0337. The first-order chi connectivity index (χ1) is 16.0. The zero-order chi connectivity index (χ0) is 23.2. The molecular formula is C22H20N2O7S2. The van der Waals surface area contributed by atoms with Gasteiger partial charge in [-0.15, -0.1) is 11.3 Å². The van der Waals surface area contributed by atoms with Crippen molar-refractivity contribution in [3.8, 4) is 33.4 Å². The summed E-state index contributed by atoms with van der Waals surface area (Å²) in [5, 5.41) is 6.39. The van der Waals surface area contributed by atoms with Crippen molar-refractivity contribution in [3.05, 3.63) is 41.3 Å². The molecule has 11 heteroatoms. The Hall–Kier alpha value is -3.44. The van der Waals surface area contributed by atoms with Crippen LogP contribution in [0.1, 0.15) is 5.56 Å². The summed E-state index contributed by atoms with van der Waals surface area (Å²) in [5.74, 6) is 1.64. The van der Waals surface area contributed by atoms with Crippen LogP contribution in [0, 0.1) is 0 Å². The van der Waals surface area contributed by atoms with Crippen molar-refractivity contribution in [2.75, 3.05) is 32.7 Å². The van der Waals surface area contributed by atoms with Crippen molar-refractivity contribution < 1.29 is 31.9 Å². The smallest absolute Gasteiger partial charge is 0.270 e. The van der Waals surface area contributed by atoms with Crippen LogP contribution in [0.2, 0.25) is 0 Å². The molecule has 4 aromatic rings. The number of hydrogen-bond acceptors (Lipinski definition) is 9. The van der Waals surface area contributed by atoms with E-state index in [0.717, 1.165) is 21.8 Å². The third kappa shape index (κ3) is 3.53. The van der Waals surface area contributed by atoms with E-state index in [9.17, 15) is 8.42 Å². The molecule has 3 heterocycles. The molecule has 0 bridgehead atoms. The highest BCUT2D eigenvalue weighted by molar-refractivity contribution is 7.93. The maximum atomic E-state index is 13.3. The van der Waals surface area contributed by atoms with Crippen LogP contribution in [0.5, 0.6) is 23.0 Å². The highest BCUT2D eigenvalue weighted by atomic mass is 32.2. The van der Waals surface area contributed by atoms with Gasteiger partial charge in [0.15, 0.2) is 16.3 Å². The summed E-state index contributed by atoms with van der Waals surface area (Å²) in [6.07, 6.45) is 0.679. The van der Waals surface area contributed by atoms with Crippen LogP contribution in [0.25, 0.3) is 21.4 Å².